The van der Waals surface area contributed by atoms with Crippen molar-refractivity contribution in [2.75, 3.05) is 0 Å². The topological polar surface area (TPSA) is 76.3 Å². The lowest BCUT2D eigenvalue weighted by atomic mass is 10.1. The van der Waals surface area contributed by atoms with Crippen molar-refractivity contribution >= 4 is 17.8 Å². The van der Waals surface area contributed by atoms with E-state index >= 15 is 0 Å². The molecule has 0 aliphatic rings. The fourth-order valence-electron chi connectivity index (χ4n) is 1.66. The molecule has 1 aromatic heterocycles. The Hall–Kier alpha value is -2.69. The van der Waals surface area contributed by atoms with Crippen LogP contribution in [0.25, 0.3) is 12.2 Å². The van der Waals surface area contributed by atoms with E-state index in [1.165, 1.54) is 6.07 Å². The van der Waals surface area contributed by atoms with Crippen LogP contribution in [0.3, 0.4) is 0 Å². The Morgan fingerprint density at radius 1 is 1.21 bits per heavy atom. The predicted octanol–water partition coefficient (Wildman–Crippen LogP) is 3.17. The van der Waals surface area contributed by atoms with Crippen LogP contribution in [0, 0.1) is 17.0 Å². The standard InChI is InChI=1S/C14H12N2O3/c1-10-6-9-14(17)12(15-10)8-7-11-4-2-3-5-13(11)16(18)19/h2-9,17H,1H3. The van der Waals surface area contributed by atoms with E-state index in [9.17, 15) is 15.2 Å². The van der Waals surface area contributed by atoms with E-state index in [2.05, 4.69) is 4.98 Å². The highest BCUT2D eigenvalue weighted by molar-refractivity contribution is 5.74. The van der Waals surface area contributed by atoms with Gasteiger partial charge in [-0.05, 0) is 37.3 Å². The van der Waals surface area contributed by atoms with Gasteiger partial charge in [0.05, 0.1) is 10.5 Å². The minimum atomic E-state index is -0.441. The van der Waals surface area contributed by atoms with Gasteiger partial charge in [0.15, 0.2) is 0 Å². The molecule has 1 N–H and O–H groups in total. The Kier molecular flexibility index (Phi) is 3.56. The van der Waals surface area contributed by atoms with Crippen molar-refractivity contribution in [3.8, 4) is 5.75 Å². The lowest BCUT2D eigenvalue weighted by Gasteiger charge is -2.00. The first-order chi connectivity index (χ1) is 9.08. The minimum absolute atomic E-state index is 0.0193. The van der Waals surface area contributed by atoms with Gasteiger partial charge in [-0.2, -0.15) is 0 Å². The second-order valence-electron chi connectivity index (χ2n) is 4.01. The van der Waals surface area contributed by atoms with Crippen LogP contribution in [0.4, 0.5) is 5.69 Å². The first kappa shape index (κ1) is 12.8. The Labute approximate surface area is 110 Å². The number of aromatic nitrogens is 1. The summed E-state index contributed by atoms with van der Waals surface area (Å²) in [5.74, 6) is 0.0421. The molecule has 5 heteroatoms. The van der Waals surface area contributed by atoms with Gasteiger partial charge in [0, 0.05) is 11.8 Å². The van der Waals surface area contributed by atoms with Crippen LogP contribution in [0.15, 0.2) is 36.4 Å². The summed E-state index contributed by atoms with van der Waals surface area (Å²) in [6, 6.07) is 9.64. The minimum Gasteiger partial charge on any atom is -0.506 e. The van der Waals surface area contributed by atoms with Crippen molar-refractivity contribution in [3.05, 3.63) is 63.5 Å². The highest BCUT2D eigenvalue weighted by Crippen LogP contribution is 2.22. The molecule has 0 unspecified atom stereocenters. The van der Waals surface area contributed by atoms with Gasteiger partial charge in [-0.25, -0.2) is 4.98 Å². The number of benzene rings is 1. The molecule has 1 heterocycles. The van der Waals surface area contributed by atoms with E-state index in [4.69, 9.17) is 0 Å². The number of aryl methyl sites for hydroxylation is 1. The van der Waals surface area contributed by atoms with Gasteiger partial charge in [0.25, 0.3) is 5.69 Å². The third-order valence-electron chi connectivity index (χ3n) is 2.60. The summed E-state index contributed by atoms with van der Waals surface area (Å²) in [5.41, 5.74) is 1.64. The summed E-state index contributed by atoms with van der Waals surface area (Å²) in [7, 11) is 0. The number of nitro benzene ring substituents is 1. The van der Waals surface area contributed by atoms with Crippen LogP contribution < -0.4 is 0 Å². The fourth-order valence-corrected chi connectivity index (χ4v) is 1.66. The van der Waals surface area contributed by atoms with E-state index in [-0.39, 0.29) is 11.4 Å². The molecule has 0 aliphatic heterocycles. The van der Waals surface area contributed by atoms with Crippen molar-refractivity contribution in [1.29, 1.82) is 0 Å². The van der Waals surface area contributed by atoms with Gasteiger partial charge in [0.1, 0.15) is 11.4 Å². The molecule has 19 heavy (non-hydrogen) atoms. The predicted molar refractivity (Wildman–Crippen MR) is 72.7 cm³/mol. The number of para-hydroxylation sites is 1. The Bertz CT molecular complexity index is 651. The van der Waals surface area contributed by atoms with Crippen molar-refractivity contribution in [1.82, 2.24) is 4.98 Å². The highest BCUT2D eigenvalue weighted by Gasteiger charge is 2.09. The molecule has 2 aromatic rings. The van der Waals surface area contributed by atoms with Crippen molar-refractivity contribution in [3.63, 3.8) is 0 Å². The zero-order valence-electron chi connectivity index (χ0n) is 10.3. The maximum atomic E-state index is 10.9. The largest absolute Gasteiger partial charge is 0.506 e. The Morgan fingerprint density at radius 2 is 1.95 bits per heavy atom. The number of rotatable bonds is 3. The molecule has 0 spiro atoms. The number of hydrogen-bond donors (Lipinski definition) is 1. The molecule has 0 radical (unpaired) electrons. The third kappa shape index (κ3) is 2.95. The van der Waals surface area contributed by atoms with Gasteiger partial charge in [-0.1, -0.05) is 12.1 Å². The molecular formula is C14H12N2O3. The number of pyridine rings is 1. The van der Waals surface area contributed by atoms with Crippen molar-refractivity contribution < 1.29 is 10.0 Å². The molecule has 5 nitrogen and oxygen atoms in total. The van der Waals surface area contributed by atoms with Crippen LogP contribution in [0.1, 0.15) is 17.0 Å². The zero-order chi connectivity index (χ0) is 13.8. The third-order valence-corrected chi connectivity index (χ3v) is 2.60. The normalized spacial score (nSPS) is 10.8. The van der Waals surface area contributed by atoms with Crippen molar-refractivity contribution in [2.45, 2.75) is 6.92 Å². The van der Waals surface area contributed by atoms with E-state index in [1.807, 2.05) is 6.92 Å². The van der Waals surface area contributed by atoms with Crippen LogP contribution in [0.5, 0.6) is 5.75 Å². The van der Waals surface area contributed by atoms with E-state index in [0.717, 1.165) is 5.69 Å². The molecule has 0 bridgehead atoms. The summed E-state index contributed by atoms with van der Waals surface area (Å²) in [6.45, 7) is 1.81. The van der Waals surface area contributed by atoms with Crippen LogP contribution in [-0.4, -0.2) is 15.0 Å². The molecule has 0 saturated carbocycles. The van der Waals surface area contributed by atoms with Gasteiger partial charge >= 0.3 is 0 Å². The van der Waals surface area contributed by atoms with E-state index in [0.29, 0.717) is 11.3 Å². The smallest absolute Gasteiger partial charge is 0.276 e. The lowest BCUT2D eigenvalue weighted by Crippen LogP contribution is -1.90. The number of aromatic hydroxyl groups is 1. The molecule has 0 aliphatic carbocycles. The first-order valence-electron chi connectivity index (χ1n) is 5.66. The van der Waals surface area contributed by atoms with Gasteiger partial charge in [-0.15, -0.1) is 0 Å². The molecule has 0 atom stereocenters. The molecular weight excluding hydrogens is 244 g/mol. The second-order valence-corrected chi connectivity index (χ2v) is 4.01. The highest BCUT2D eigenvalue weighted by atomic mass is 16.6. The number of nitrogens with zero attached hydrogens (tertiary/aromatic N) is 2. The zero-order valence-corrected chi connectivity index (χ0v) is 10.3. The number of hydrogen-bond acceptors (Lipinski definition) is 4. The molecule has 0 saturated heterocycles. The van der Waals surface area contributed by atoms with Gasteiger partial charge < -0.3 is 5.11 Å². The molecule has 96 valence electrons. The summed E-state index contributed by atoms with van der Waals surface area (Å²) in [6.07, 6.45) is 3.13. The molecule has 0 amide bonds. The molecule has 1 aromatic carbocycles. The van der Waals surface area contributed by atoms with Crippen LogP contribution >= 0.6 is 0 Å². The number of nitro groups is 1. The van der Waals surface area contributed by atoms with Gasteiger partial charge in [-0.3, -0.25) is 10.1 Å². The lowest BCUT2D eigenvalue weighted by molar-refractivity contribution is -0.385. The quantitative estimate of drug-likeness (QED) is 0.676. The maximum absolute atomic E-state index is 10.9. The summed E-state index contributed by atoms with van der Waals surface area (Å²) >= 11 is 0. The maximum Gasteiger partial charge on any atom is 0.276 e. The average Bonchev–Trinajstić information content (AvgIpc) is 2.40. The first-order valence-corrected chi connectivity index (χ1v) is 5.66. The van der Waals surface area contributed by atoms with E-state index < -0.39 is 4.92 Å². The Balaban J connectivity index is 2.38. The second kappa shape index (κ2) is 5.30. The molecule has 0 fully saturated rings. The summed E-state index contributed by atoms with van der Waals surface area (Å²) in [5, 5.41) is 20.5. The summed E-state index contributed by atoms with van der Waals surface area (Å²) in [4.78, 5) is 14.6. The molecule has 2 rings (SSSR count). The van der Waals surface area contributed by atoms with E-state index in [1.54, 1.807) is 42.5 Å². The van der Waals surface area contributed by atoms with Crippen LogP contribution in [0.2, 0.25) is 0 Å². The summed E-state index contributed by atoms with van der Waals surface area (Å²) < 4.78 is 0. The van der Waals surface area contributed by atoms with Gasteiger partial charge in [0.2, 0.25) is 0 Å². The SMILES string of the molecule is Cc1ccc(O)c(C=Cc2ccccc2[N+](=O)[O-])n1. The fraction of sp³-hybridized carbons (Fsp3) is 0.0714. The van der Waals surface area contributed by atoms with Crippen molar-refractivity contribution in [2.24, 2.45) is 0 Å². The monoisotopic (exact) mass is 256 g/mol. The van der Waals surface area contributed by atoms with Crippen LogP contribution in [-0.2, 0) is 0 Å². The average molecular weight is 256 g/mol. The Morgan fingerprint density at radius 3 is 2.68 bits per heavy atom.